The Balaban J connectivity index is 2.05. The second-order valence-electron chi connectivity index (χ2n) is 5.46. The summed E-state index contributed by atoms with van der Waals surface area (Å²) in [6.45, 7) is 4.52. The molecule has 0 aromatic heterocycles. The second kappa shape index (κ2) is 6.07. The highest BCUT2D eigenvalue weighted by Gasteiger charge is 2.35. The van der Waals surface area contributed by atoms with Gasteiger partial charge in [-0.15, -0.1) is 11.6 Å². The maximum absolute atomic E-state index is 12.6. The quantitative estimate of drug-likeness (QED) is 0.732. The van der Waals surface area contributed by atoms with E-state index < -0.39 is 10.2 Å². The predicted molar refractivity (Wildman–Crippen MR) is 74.0 cm³/mol. The molecule has 0 aromatic rings. The molecular weight excluding hydrogens is 272 g/mol. The number of piperidine rings is 1. The molecule has 2 aliphatic heterocycles. The average Bonchev–Trinajstić information content (AvgIpc) is 2.61. The van der Waals surface area contributed by atoms with Crippen LogP contribution in [0.3, 0.4) is 0 Å². The van der Waals surface area contributed by atoms with Gasteiger partial charge in [0.05, 0.1) is 0 Å². The Bertz CT molecular complexity index is 366. The SMILES string of the molecule is CC1CN(S(=O)(=O)N2CCCCCC2)CCC1Cl. The zero-order valence-electron chi connectivity index (χ0n) is 11.0. The van der Waals surface area contributed by atoms with Gasteiger partial charge < -0.3 is 0 Å². The largest absolute Gasteiger partial charge is 0.281 e. The molecule has 0 spiro atoms. The van der Waals surface area contributed by atoms with Crippen molar-refractivity contribution in [3.05, 3.63) is 0 Å². The molecule has 2 rings (SSSR count). The van der Waals surface area contributed by atoms with Crippen LogP contribution in [0, 0.1) is 5.92 Å². The Labute approximate surface area is 115 Å². The number of rotatable bonds is 2. The first-order valence-electron chi connectivity index (χ1n) is 6.91. The van der Waals surface area contributed by atoms with Crippen LogP contribution in [-0.4, -0.2) is 48.6 Å². The summed E-state index contributed by atoms with van der Waals surface area (Å²) in [5.74, 6) is 0.238. The topological polar surface area (TPSA) is 40.6 Å². The molecule has 2 saturated heterocycles. The molecule has 2 aliphatic rings. The van der Waals surface area contributed by atoms with E-state index in [1.54, 1.807) is 8.61 Å². The third kappa shape index (κ3) is 3.18. The van der Waals surface area contributed by atoms with Gasteiger partial charge in [-0.1, -0.05) is 19.8 Å². The van der Waals surface area contributed by atoms with Crippen LogP contribution in [0.25, 0.3) is 0 Å². The first-order valence-corrected chi connectivity index (χ1v) is 8.74. The first kappa shape index (κ1) is 14.6. The molecular formula is C12H23ClN2O2S. The van der Waals surface area contributed by atoms with Gasteiger partial charge in [0.2, 0.25) is 0 Å². The van der Waals surface area contributed by atoms with Crippen LogP contribution in [0.15, 0.2) is 0 Å². The highest BCUT2D eigenvalue weighted by Crippen LogP contribution is 2.26. The van der Waals surface area contributed by atoms with Crippen molar-refractivity contribution in [1.82, 2.24) is 8.61 Å². The number of hydrogen-bond acceptors (Lipinski definition) is 2. The zero-order valence-corrected chi connectivity index (χ0v) is 12.6. The van der Waals surface area contributed by atoms with Crippen molar-refractivity contribution in [2.75, 3.05) is 26.2 Å². The Morgan fingerprint density at radius 2 is 1.61 bits per heavy atom. The summed E-state index contributed by atoms with van der Waals surface area (Å²) < 4.78 is 28.4. The lowest BCUT2D eigenvalue weighted by Gasteiger charge is -2.36. The molecule has 0 N–H and O–H groups in total. The fourth-order valence-corrected chi connectivity index (χ4v) is 4.71. The summed E-state index contributed by atoms with van der Waals surface area (Å²) in [6.07, 6.45) is 5.02. The molecule has 0 saturated carbocycles. The van der Waals surface area contributed by atoms with Crippen molar-refractivity contribution >= 4 is 21.8 Å². The smallest absolute Gasteiger partial charge is 0.195 e. The molecule has 2 atom stereocenters. The molecule has 0 aliphatic carbocycles. The molecule has 18 heavy (non-hydrogen) atoms. The zero-order chi connectivity index (χ0) is 13.2. The van der Waals surface area contributed by atoms with Crippen LogP contribution in [0.4, 0.5) is 0 Å². The van der Waals surface area contributed by atoms with E-state index in [-0.39, 0.29) is 11.3 Å². The number of alkyl halides is 1. The summed E-state index contributed by atoms with van der Waals surface area (Å²) in [6, 6.07) is 0. The Kier molecular flexibility index (Phi) is 4.92. The third-order valence-electron chi connectivity index (χ3n) is 3.98. The summed E-state index contributed by atoms with van der Waals surface area (Å²) >= 11 is 6.16. The van der Waals surface area contributed by atoms with Crippen LogP contribution >= 0.6 is 11.6 Å². The molecule has 2 heterocycles. The van der Waals surface area contributed by atoms with Crippen LogP contribution in [-0.2, 0) is 10.2 Å². The van der Waals surface area contributed by atoms with Gasteiger partial charge in [-0.05, 0) is 25.2 Å². The van der Waals surface area contributed by atoms with Gasteiger partial charge in [-0.25, -0.2) is 0 Å². The number of halogens is 1. The van der Waals surface area contributed by atoms with E-state index in [4.69, 9.17) is 11.6 Å². The molecule has 0 amide bonds. The molecule has 0 bridgehead atoms. The van der Waals surface area contributed by atoms with Crippen LogP contribution < -0.4 is 0 Å². The maximum Gasteiger partial charge on any atom is 0.281 e. The van der Waals surface area contributed by atoms with E-state index in [0.717, 1.165) is 32.1 Å². The van der Waals surface area contributed by atoms with Crippen molar-refractivity contribution in [2.24, 2.45) is 5.92 Å². The van der Waals surface area contributed by atoms with Gasteiger partial charge in [0, 0.05) is 31.6 Å². The van der Waals surface area contributed by atoms with Crippen molar-refractivity contribution in [1.29, 1.82) is 0 Å². The fourth-order valence-electron chi connectivity index (χ4n) is 2.72. The Morgan fingerprint density at radius 1 is 1.00 bits per heavy atom. The standard InChI is InChI=1S/C12H23ClN2O2S/c1-11-10-15(9-6-12(11)13)18(16,17)14-7-4-2-3-5-8-14/h11-12H,2-10H2,1H3. The van der Waals surface area contributed by atoms with Crippen molar-refractivity contribution in [3.63, 3.8) is 0 Å². The summed E-state index contributed by atoms with van der Waals surface area (Å²) in [5.41, 5.74) is 0. The fraction of sp³-hybridized carbons (Fsp3) is 1.00. The lowest BCUT2D eigenvalue weighted by molar-refractivity contribution is 0.262. The minimum absolute atomic E-state index is 0.112. The van der Waals surface area contributed by atoms with Crippen LogP contribution in [0.5, 0.6) is 0 Å². The van der Waals surface area contributed by atoms with Gasteiger partial charge in [0.15, 0.2) is 0 Å². The van der Waals surface area contributed by atoms with Crippen molar-refractivity contribution in [2.45, 2.75) is 44.4 Å². The van der Waals surface area contributed by atoms with Crippen molar-refractivity contribution in [3.8, 4) is 0 Å². The summed E-state index contributed by atoms with van der Waals surface area (Å²) in [5, 5.41) is 0.112. The van der Waals surface area contributed by atoms with Gasteiger partial charge >= 0.3 is 0 Å². The lowest BCUT2D eigenvalue weighted by atomic mass is 10.0. The van der Waals surface area contributed by atoms with Crippen LogP contribution in [0.2, 0.25) is 0 Å². The Morgan fingerprint density at radius 3 is 2.17 bits per heavy atom. The highest BCUT2D eigenvalue weighted by molar-refractivity contribution is 7.86. The van der Waals surface area contributed by atoms with E-state index in [1.807, 2.05) is 6.92 Å². The predicted octanol–water partition coefficient (Wildman–Crippen LogP) is 2.06. The third-order valence-corrected chi connectivity index (χ3v) is 6.63. The summed E-state index contributed by atoms with van der Waals surface area (Å²) in [7, 11) is -3.26. The average molecular weight is 295 g/mol. The van der Waals surface area contributed by atoms with Crippen molar-refractivity contribution < 1.29 is 8.42 Å². The number of hydrogen-bond donors (Lipinski definition) is 0. The molecule has 106 valence electrons. The van der Waals surface area contributed by atoms with Gasteiger partial charge in [-0.3, -0.25) is 0 Å². The number of nitrogens with zero attached hydrogens (tertiary/aromatic N) is 2. The van der Waals surface area contributed by atoms with E-state index in [2.05, 4.69) is 0 Å². The van der Waals surface area contributed by atoms with Gasteiger partial charge in [0.25, 0.3) is 10.2 Å². The monoisotopic (exact) mass is 294 g/mol. The first-order chi connectivity index (χ1) is 8.51. The van der Waals surface area contributed by atoms with E-state index in [0.29, 0.717) is 26.2 Å². The van der Waals surface area contributed by atoms with Gasteiger partial charge in [-0.2, -0.15) is 17.0 Å². The van der Waals surface area contributed by atoms with E-state index >= 15 is 0 Å². The minimum Gasteiger partial charge on any atom is -0.195 e. The second-order valence-corrected chi connectivity index (χ2v) is 7.95. The molecule has 4 nitrogen and oxygen atoms in total. The normalized spacial score (nSPS) is 33.2. The molecule has 2 unspecified atom stereocenters. The molecule has 2 fully saturated rings. The maximum atomic E-state index is 12.6. The Hall–Kier alpha value is 0.160. The molecule has 6 heteroatoms. The van der Waals surface area contributed by atoms with E-state index in [1.165, 1.54) is 0 Å². The van der Waals surface area contributed by atoms with E-state index in [9.17, 15) is 8.42 Å². The summed E-state index contributed by atoms with van der Waals surface area (Å²) in [4.78, 5) is 0. The van der Waals surface area contributed by atoms with Gasteiger partial charge in [0.1, 0.15) is 0 Å². The molecule has 0 radical (unpaired) electrons. The molecule has 0 aromatic carbocycles. The lowest BCUT2D eigenvalue weighted by Crippen LogP contribution is -2.50. The highest BCUT2D eigenvalue weighted by atomic mass is 35.5. The van der Waals surface area contributed by atoms with Crippen LogP contribution in [0.1, 0.15) is 39.0 Å². The minimum atomic E-state index is -3.26.